The van der Waals surface area contributed by atoms with Crippen LogP contribution in [0.5, 0.6) is 0 Å². The normalized spacial score (nSPS) is 13.6. The highest BCUT2D eigenvalue weighted by Gasteiger charge is 2.10. The molecule has 0 aliphatic carbocycles. The molecule has 0 radical (unpaired) electrons. The third-order valence-corrected chi connectivity index (χ3v) is 5.80. The van der Waals surface area contributed by atoms with Crippen LogP contribution in [0.1, 0.15) is 78.1 Å². The smallest absolute Gasteiger partial charge is 0.150 e. The van der Waals surface area contributed by atoms with E-state index in [1.807, 2.05) is 7.05 Å². The summed E-state index contributed by atoms with van der Waals surface area (Å²) in [7, 11) is -0.803. The Morgan fingerprint density at radius 3 is 1.95 bits per heavy atom. The molecule has 0 heterocycles. The quantitative estimate of drug-likeness (QED) is 0.495. The second-order valence-electron chi connectivity index (χ2n) is 5.77. The molecule has 0 aromatic rings. The minimum atomic E-state index is -2.79. The zero-order chi connectivity index (χ0) is 15.3. The van der Waals surface area contributed by atoms with Crippen LogP contribution in [-0.2, 0) is 9.84 Å². The van der Waals surface area contributed by atoms with Crippen LogP contribution in [0.25, 0.3) is 0 Å². The van der Waals surface area contributed by atoms with Crippen LogP contribution in [-0.4, -0.2) is 33.0 Å². The molecule has 0 aromatic heterocycles. The van der Waals surface area contributed by atoms with E-state index in [1.165, 1.54) is 51.4 Å². The van der Waals surface area contributed by atoms with E-state index in [2.05, 4.69) is 12.2 Å². The van der Waals surface area contributed by atoms with Crippen LogP contribution in [0.3, 0.4) is 0 Å². The predicted molar refractivity (Wildman–Crippen MR) is 89.0 cm³/mol. The minimum absolute atomic E-state index is 0.273. The number of nitrogens with one attached hydrogen (secondary N) is 1. The van der Waals surface area contributed by atoms with Crippen molar-refractivity contribution in [3.8, 4) is 0 Å². The third-order valence-electron chi connectivity index (χ3n) is 4.01. The van der Waals surface area contributed by atoms with Crippen LogP contribution in [0.2, 0.25) is 0 Å². The lowest BCUT2D eigenvalue weighted by molar-refractivity contribution is 0.452. The van der Waals surface area contributed by atoms with Gasteiger partial charge < -0.3 is 5.32 Å². The van der Waals surface area contributed by atoms with Gasteiger partial charge in [0.15, 0.2) is 0 Å². The molecular weight excluding hydrogens is 270 g/mol. The molecule has 0 aromatic carbocycles. The lowest BCUT2D eigenvalue weighted by Crippen LogP contribution is -2.26. The molecule has 20 heavy (non-hydrogen) atoms. The van der Waals surface area contributed by atoms with Crippen molar-refractivity contribution < 1.29 is 8.42 Å². The van der Waals surface area contributed by atoms with Gasteiger partial charge in [-0.25, -0.2) is 8.42 Å². The molecule has 3 nitrogen and oxygen atoms in total. The number of hydrogen-bond donors (Lipinski definition) is 1. The predicted octanol–water partition coefficient (Wildman–Crippen LogP) is 3.93. The second-order valence-corrected chi connectivity index (χ2v) is 8.25. The fourth-order valence-electron chi connectivity index (χ4n) is 2.47. The molecule has 0 rings (SSSR count). The molecule has 0 bridgehead atoms. The molecule has 1 unspecified atom stereocenters. The van der Waals surface area contributed by atoms with Crippen molar-refractivity contribution in [1.29, 1.82) is 0 Å². The van der Waals surface area contributed by atoms with Gasteiger partial charge in [-0.2, -0.15) is 0 Å². The van der Waals surface area contributed by atoms with Crippen molar-refractivity contribution >= 4 is 9.84 Å². The Balaban J connectivity index is 3.57. The first kappa shape index (κ1) is 19.9. The molecule has 0 aliphatic rings. The van der Waals surface area contributed by atoms with Gasteiger partial charge >= 0.3 is 0 Å². The molecule has 0 saturated carbocycles. The Hall–Kier alpha value is -0.0900. The van der Waals surface area contributed by atoms with E-state index in [9.17, 15) is 8.42 Å². The minimum Gasteiger partial charge on any atom is -0.317 e. The lowest BCUT2D eigenvalue weighted by Gasteiger charge is -2.15. The second kappa shape index (κ2) is 12.6. The van der Waals surface area contributed by atoms with Gasteiger partial charge in [-0.3, -0.25) is 0 Å². The maximum absolute atomic E-state index is 11.4. The molecule has 1 atom stereocenters. The molecule has 122 valence electrons. The average Bonchev–Trinajstić information content (AvgIpc) is 2.44. The van der Waals surface area contributed by atoms with Crippen LogP contribution in [0.15, 0.2) is 0 Å². The van der Waals surface area contributed by atoms with E-state index in [0.717, 1.165) is 12.8 Å². The third kappa shape index (κ3) is 11.7. The van der Waals surface area contributed by atoms with Gasteiger partial charge in [0, 0.05) is 11.8 Å². The summed E-state index contributed by atoms with van der Waals surface area (Å²) in [5.41, 5.74) is 0. The largest absolute Gasteiger partial charge is 0.317 e. The molecule has 0 spiro atoms. The van der Waals surface area contributed by atoms with E-state index >= 15 is 0 Å². The van der Waals surface area contributed by atoms with E-state index < -0.39 is 9.84 Å². The highest BCUT2D eigenvalue weighted by Crippen LogP contribution is 2.12. The van der Waals surface area contributed by atoms with Gasteiger partial charge in [-0.1, -0.05) is 58.8 Å². The maximum atomic E-state index is 11.4. The van der Waals surface area contributed by atoms with Crippen LogP contribution < -0.4 is 5.32 Å². The number of rotatable bonds is 14. The van der Waals surface area contributed by atoms with Crippen molar-refractivity contribution in [3.63, 3.8) is 0 Å². The average molecular weight is 306 g/mol. The molecule has 0 amide bonds. The van der Waals surface area contributed by atoms with Crippen molar-refractivity contribution in [2.45, 2.75) is 84.1 Å². The zero-order valence-electron chi connectivity index (χ0n) is 13.8. The molecule has 1 N–H and O–H groups in total. The van der Waals surface area contributed by atoms with E-state index in [4.69, 9.17) is 0 Å². The van der Waals surface area contributed by atoms with E-state index in [0.29, 0.717) is 11.8 Å². The Bertz CT molecular complexity index is 302. The standard InChI is InChI=1S/C16H35NO2S/c1-4-6-7-8-9-10-11-13-16(17-3)14-12-15-20(18,19)5-2/h16-17H,4-15H2,1-3H3. The van der Waals surface area contributed by atoms with E-state index in [-0.39, 0.29) is 5.75 Å². The summed E-state index contributed by atoms with van der Waals surface area (Å²) in [6, 6.07) is 0.484. The number of sulfone groups is 1. The topological polar surface area (TPSA) is 46.2 Å². The van der Waals surface area contributed by atoms with E-state index in [1.54, 1.807) is 6.92 Å². The zero-order valence-corrected chi connectivity index (χ0v) is 14.6. The first-order valence-corrected chi connectivity index (χ1v) is 10.3. The summed E-state index contributed by atoms with van der Waals surface area (Å²) in [6.45, 7) is 3.97. The molecule has 0 saturated heterocycles. The maximum Gasteiger partial charge on any atom is 0.150 e. The highest BCUT2D eigenvalue weighted by atomic mass is 32.2. The Morgan fingerprint density at radius 1 is 0.850 bits per heavy atom. The fraction of sp³-hybridized carbons (Fsp3) is 1.00. The Kier molecular flexibility index (Phi) is 12.6. The number of unbranched alkanes of at least 4 members (excludes halogenated alkanes) is 6. The highest BCUT2D eigenvalue weighted by molar-refractivity contribution is 7.91. The Morgan fingerprint density at radius 2 is 1.40 bits per heavy atom. The Labute approximate surface area is 126 Å². The van der Waals surface area contributed by atoms with Crippen LogP contribution >= 0.6 is 0 Å². The van der Waals surface area contributed by atoms with Crippen LogP contribution in [0, 0.1) is 0 Å². The molecule has 4 heteroatoms. The SMILES string of the molecule is CCCCCCCCCC(CCCS(=O)(=O)CC)NC. The summed E-state index contributed by atoms with van der Waals surface area (Å²) in [5, 5.41) is 3.32. The summed E-state index contributed by atoms with van der Waals surface area (Å²) in [4.78, 5) is 0. The lowest BCUT2D eigenvalue weighted by atomic mass is 10.0. The molecular formula is C16H35NO2S. The van der Waals surface area contributed by atoms with Crippen molar-refractivity contribution in [2.75, 3.05) is 18.6 Å². The van der Waals surface area contributed by atoms with Crippen molar-refractivity contribution in [1.82, 2.24) is 5.32 Å². The first-order valence-electron chi connectivity index (χ1n) is 8.43. The summed E-state index contributed by atoms with van der Waals surface area (Å²) in [6.07, 6.45) is 12.3. The van der Waals surface area contributed by atoms with Gasteiger partial charge in [-0.05, 0) is 26.3 Å². The summed E-state index contributed by atoms with van der Waals surface area (Å²) in [5.74, 6) is 0.619. The van der Waals surface area contributed by atoms with Gasteiger partial charge in [0.2, 0.25) is 0 Å². The first-order chi connectivity index (χ1) is 9.55. The fourth-order valence-corrected chi connectivity index (χ4v) is 3.37. The molecule has 0 fully saturated rings. The van der Waals surface area contributed by atoms with Gasteiger partial charge in [0.25, 0.3) is 0 Å². The van der Waals surface area contributed by atoms with Gasteiger partial charge in [0.1, 0.15) is 9.84 Å². The van der Waals surface area contributed by atoms with Crippen molar-refractivity contribution in [2.24, 2.45) is 0 Å². The molecule has 0 aliphatic heterocycles. The number of hydrogen-bond acceptors (Lipinski definition) is 3. The monoisotopic (exact) mass is 305 g/mol. The summed E-state index contributed by atoms with van der Waals surface area (Å²) >= 11 is 0. The van der Waals surface area contributed by atoms with Crippen molar-refractivity contribution in [3.05, 3.63) is 0 Å². The summed E-state index contributed by atoms with van der Waals surface area (Å²) < 4.78 is 22.9. The van der Waals surface area contributed by atoms with Gasteiger partial charge in [-0.15, -0.1) is 0 Å². The van der Waals surface area contributed by atoms with Crippen LogP contribution in [0.4, 0.5) is 0 Å². The van der Waals surface area contributed by atoms with Gasteiger partial charge in [0.05, 0.1) is 5.75 Å².